The molecule has 2 aromatic heterocycles. The molecular formula is C9H10N3O2+. The first-order chi connectivity index (χ1) is 6.63. The van der Waals surface area contributed by atoms with Gasteiger partial charge in [-0.05, 0) is 24.0 Å². The van der Waals surface area contributed by atoms with Gasteiger partial charge < -0.3 is 5.21 Å². The van der Waals surface area contributed by atoms with Crippen molar-refractivity contribution in [1.82, 2.24) is 9.71 Å². The Kier molecular flexibility index (Phi) is 1.73. The Labute approximate surface area is 79.8 Å². The zero-order valence-corrected chi connectivity index (χ0v) is 7.93. The first kappa shape index (κ1) is 8.68. The van der Waals surface area contributed by atoms with E-state index in [0.717, 1.165) is 9.16 Å². The van der Waals surface area contributed by atoms with Crippen molar-refractivity contribution < 1.29 is 9.63 Å². The summed E-state index contributed by atoms with van der Waals surface area (Å²) in [5, 5.41) is 9.69. The van der Waals surface area contributed by atoms with Gasteiger partial charge in [0.2, 0.25) is 0 Å². The summed E-state index contributed by atoms with van der Waals surface area (Å²) in [5.41, 5.74) is 1.59. The lowest BCUT2D eigenvalue weighted by Gasteiger charge is -2.03. The molecule has 0 spiro atoms. The highest BCUT2D eigenvalue weighted by Gasteiger charge is 2.16. The van der Waals surface area contributed by atoms with Crippen molar-refractivity contribution in [3.05, 3.63) is 34.6 Å². The maximum absolute atomic E-state index is 11.6. The van der Waals surface area contributed by atoms with E-state index in [4.69, 9.17) is 0 Å². The van der Waals surface area contributed by atoms with Crippen LogP contribution in [0.5, 0.6) is 0 Å². The van der Waals surface area contributed by atoms with Gasteiger partial charge in [0, 0.05) is 11.4 Å². The van der Waals surface area contributed by atoms with Gasteiger partial charge in [-0.3, -0.25) is 0 Å². The molecule has 2 rings (SSSR count). The van der Waals surface area contributed by atoms with E-state index in [1.807, 2.05) is 0 Å². The summed E-state index contributed by atoms with van der Waals surface area (Å²) in [6.07, 6.45) is 1.52. The smallest absolute Gasteiger partial charge is 0.393 e. The number of hydrogen-bond donors (Lipinski definition) is 1. The molecule has 2 aromatic rings. The van der Waals surface area contributed by atoms with Gasteiger partial charge >= 0.3 is 5.65 Å². The monoisotopic (exact) mass is 192 g/mol. The third-order valence-corrected chi connectivity index (χ3v) is 2.33. The van der Waals surface area contributed by atoms with Gasteiger partial charge in [0.25, 0.3) is 0 Å². The minimum Gasteiger partial charge on any atom is -0.428 e. The van der Waals surface area contributed by atoms with Gasteiger partial charge in [0.1, 0.15) is 11.9 Å². The molecule has 2 heterocycles. The molecule has 0 atom stereocenters. The van der Waals surface area contributed by atoms with Crippen LogP contribution in [-0.4, -0.2) is 14.9 Å². The number of pyridine rings is 1. The number of aromatic nitrogens is 3. The fourth-order valence-corrected chi connectivity index (χ4v) is 1.35. The molecule has 5 nitrogen and oxygen atoms in total. The van der Waals surface area contributed by atoms with E-state index in [1.165, 1.54) is 6.20 Å². The van der Waals surface area contributed by atoms with Crippen molar-refractivity contribution >= 4 is 11.2 Å². The van der Waals surface area contributed by atoms with E-state index in [9.17, 15) is 10.1 Å². The molecule has 0 aliphatic carbocycles. The number of fused-ring (bicyclic) bond motifs is 1. The lowest BCUT2D eigenvalue weighted by Crippen LogP contribution is -2.25. The van der Waals surface area contributed by atoms with Gasteiger partial charge in [0.05, 0.1) is 0 Å². The van der Waals surface area contributed by atoms with Gasteiger partial charge in [-0.25, -0.2) is 0 Å². The molecular weight excluding hydrogens is 182 g/mol. The molecule has 0 aromatic carbocycles. The molecule has 0 saturated carbocycles. The van der Waals surface area contributed by atoms with Gasteiger partial charge in [-0.2, -0.15) is 4.73 Å². The van der Waals surface area contributed by atoms with Crippen LogP contribution in [0.4, 0.5) is 0 Å². The molecule has 0 aliphatic heterocycles. The van der Waals surface area contributed by atoms with Gasteiger partial charge in [0.15, 0.2) is 11.2 Å². The van der Waals surface area contributed by atoms with Gasteiger partial charge in [-0.1, -0.05) is 4.91 Å². The van der Waals surface area contributed by atoms with Crippen LogP contribution < -0.4 is 4.43 Å². The van der Waals surface area contributed by atoms with E-state index >= 15 is 0 Å². The second-order valence-corrected chi connectivity index (χ2v) is 3.12. The molecule has 0 aliphatic rings. The average Bonchev–Trinajstić information content (AvgIpc) is 2.23. The van der Waals surface area contributed by atoms with Crippen molar-refractivity contribution in [2.75, 3.05) is 0 Å². The normalized spacial score (nSPS) is 10.7. The Morgan fingerprint density at radius 2 is 2.21 bits per heavy atom. The van der Waals surface area contributed by atoms with Crippen molar-refractivity contribution in [2.45, 2.75) is 13.8 Å². The van der Waals surface area contributed by atoms with Crippen molar-refractivity contribution in [1.29, 1.82) is 0 Å². The molecule has 72 valence electrons. The third kappa shape index (κ3) is 0.985. The summed E-state index contributed by atoms with van der Waals surface area (Å²) < 4.78 is 1.70. The highest BCUT2D eigenvalue weighted by Crippen LogP contribution is 2.09. The Balaban J connectivity index is 3.10. The number of hydrogen-bond acceptors (Lipinski definition) is 3. The fourth-order valence-electron chi connectivity index (χ4n) is 1.35. The minimum atomic E-state index is 0.220. The predicted octanol–water partition coefficient (Wildman–Crippen LogP) is 0.805. The summed E-state index contributed by atoms with van der Waals surface area (Å²) in [5.74, 6) is 0. The van der Waals surface area contributed by atoms with Gasteiger partial charge in [-0.15, -0.1) is 0 Å². The van der Waals surface area contributed by atoms with E-state index in [1.54, 1.807) is 26.0 Å². The number of rotatable bonds is 0. The van der Waals surface area contributed by atoms with Crippen LogP contribution in [0.25, 0.3) is 11.2 Å². The molecule has 5 heteroatoms. The lowest BCUT2D eigenvalue weighted by molar-refractivity contribution is -0.476. The zero-order chi connectivity index (χ0) is 10.3. The molecule has 0 fully saturated rings. The Morgan fingerprint density at radius 3 is 2.93 bits per heavy atom. The number of nitrogens with zero attached hydrogens (tertiary/aromatic N) is 3. The Hall–Kier alpha value is -1.91. The summed E-state index contributed by atoms with van der Waals surface area (Å²) in [6, 6.07) is 3.31. The third-order valence-electron chi connectivity index (χ3n) is 2.33. The molecule has 0 unspecified atom stereocenters. The van der Waals surface area contributed by atoms with Crippen molar-refractivity contribution in [3.8, 4) is 0 Å². The maximum atomic E-state index is 11.6. The summed E-state index contributed by atoms with van der Waals surface area (Å²) in [4.78, 5) is 15.5. The fraction of sp³-hybridized carbons (Fsp3) is 0.222. The first-order valence-corrected chi connectivity index (χ1v) is 4.21. The predicted molar refractivity (Wildman–Crippen MR) is 49.8 cm³/mol. The topological polar surface area (TPSA) is 61.0 Å². The van der Waals surface area contributed by atoms with Crippen LogP contribution in [0, 0.1) is 18.8 Å². The van der Waals surface area contributed by atoms with Crippen LogP contribution in [0.3, 0.4) is 0 Å². The molecule has 0 radical (unpaired) electrons. The average molecular weight is 192 g/mol. The van der Waals surface area contributed by atoms with E-state index in [2.05, 4.69) is 4.98 Å². The van der Waals surface area contributed by atoms with E-state index in [-0.39, 0.29) is 5.65 Å². The standard InChI is InChI=1S/C9H10N3O2/c1-6-7(2)12(14)9-8(11(6)13)4-3-5-10-9/h3-5,13H,1-2H3/q+1. The second kappa shape index (κ2) is 2.80. The highest BCUT2D eigenvalue weighted by molar-refractivity contribution is 5.66. The van der Waals surface area contributed by atoms with Crippen LogP contribution in [0.2, 0.25) is 0 Å². The quantitative estimate of drug-likeness (QED) is 0.496. The molecule has 0 bridgehead atoms. The van der Waals surface area contributed by atoms with Crippen molar-refractivity contribution in [2.24, 2.45) is 0 Å². The zero-order valence-electron chi connectivity index (χ0n) is 7.93. The molecule has 0 saturated heterocycles. The Bertz CT molecular complexity index is 560. The van der Waals surface area contributed by atoms with E-state index in [0.29, 0.717) is 16.9 Å². The summed E-state index contributed by atoms with van der Waals surface area (Å²) in [7, 11) is 0. The van der Waals surface area contributed by atoms with Crippen LogP contribution in [0.15, 0.2) is 18.3 Å². The summed E-state index contributed by atoms with van der Waals surface area (Å²) in [6.45, 7) is 3.32. The SMILES string of the molecule is Cc1c(C)[n+](=O)c2ncccc2n1O. The summed E-state index contributed by atoms with van der Waals surface area (Å²) >= 11 is 0. The lowest BCUT2D eigenvalue weighted by atomic mass is 10.3. The molecule has 14 heavy (non-hydrogen) atoms. The van der Waals surface area contributed by atoms with Crippen molar-refractivity contribution in [3.63, 3.8) is 0 Å². The highest BCUT2D eigenvalue weighted by atomic mass is 16.5. The van der Waals surface area contributed by atoms with E-state index < -0.39 is 0 Å². The van der Waals surface area contributed by atoms with Crippen LogP contribution >= 0.6 is 0 Å². The minimum absolute atomic E-state index is 0.220. The first-order valence-electron chi connectivity index (χ1n) is 4.21. The Morgan fingerprint density at radius 1 is 1.50 bits per heavy atom. The molecule has 0 amide bonds. The maximum Gasteiger partial charge on any atom is 0.393 e. The largest absolute Gasteiger partial charge is 0.428 e. The van der Waals surface area contributed by atoms with Crippen LogP contribution in [0.1, 0.15) is 11.4 Å². The molecule has 1 N–H and O–H groups in total. The van der Waals surface area contributed by atoms with Crippen LogP contribution in [-0.2, 0) is 0 Å². The second-order valence-electron chi connectivity index (χ2n) is 3.12.